The third kappa shape index (κ3) is 3.39. The van der Waals surface area contributed by atoms with E-state index in [2.05, 4.69) is 16.3 Å². The molecule has 0 aliphatic rings. The smallest absolute Gasteiger partial charge is 0.284 e. The molecule has 0 saturated carbocycles. The van der Waals surface area contributed by atoms with Gasteiger partial charge in [0, 0.05) is 0 Å². The molecule has 0 atom stereocenters. The van der Waals surface area contributed by atoms with Crippen LogP contribution in [-0.4, -0.2) is 19.8 Å². The molecule has 16 heavy (non-hydrogen) atoms. The van der Waals surface area contributed by atoms with Gasteiger partial charge >= 0.3 is 0 Å². The van der Waals surface area contributed by atoms with Gasteiger partial charge in [0.05, 0.1) is 4.90 Å². The van der Waals surface area contributed by atoms with Crippen LogP contribution in [0.1, 0.15) is 0 Å². The number of hydrogen-bond donors (Lipinski definition) is 1. The largest absolute Gasteiger partial charge is 0.341 e. The molecule has 0 amide bonds. The predicted octanol–water partition coefficient (Wildman–Crippen LogP) is 1.83. The van der Waals surface area contributed by atoms with Gasteiger partial charge in [-0.15, -0.1) is 4.40 Å². The van der Waals surface area contributed by atoms with E-state index in [-0.39, 0.29) is 4.90 Å². The topological polar surface area (TPSA) is 58.5 Å². The lowest BCUT2D eigenvalue weighted by Crippen LogP contribution is -2.14. The van der Waals surface area contributed by atoms with Crippen molar-refractivity contribution in [3.8, 4) is 0 Å². The Morgan fingerprint density at radius 1 is 1.44 bits per heavy atom. The molecule has 0 heterocycles. The maximum absolute atomic E-state index is 11.8. The minimum Gasteiger partial charge on any atom is -0.341 e. The van der Waals surface area contributed by atoms with E-state index in [1.165, 1.54) is 30.1 Å². The Morgan fingerprint density at radius 2 is 2.06 bits per heavy atom. The zero-order valence-electron chi connectivity index (χ0n) is 8.75. The van der Waals surface area contributed by atoms with Crippen LogP contribution in [0.15, 0.2) is 52.4 Å². The average Bonchev–Trinajstić information content (AvgIpc) is 2.29. The van der Waals surface area contributed by atoms with Crippen molar-refractivity contribution in [2.75, 3.05) is 6.26 Å². The monoisotopic (exact) mass is 256 g/mol. The fraction of sp³-hybridized carbons (Fsp3) is 0.100. The molecule has 0 bridgehead atoms. The fourth-order valence-corrected chi connectivity index (χ4v) is 2.64. The molecule has 0 aliphatic carbocycles. The molecule has 0 spiro atoms. The van der Waals surface area contributed by atoms with Gasteiger partial charge in [-0.25, -0.2) is 0 Å². The number of nitrogens with zero attached hydrogens (tertiary/aromatic N) is 1. The van der Waals surface area contributed by atoms with Crippen molar-refractivity contribution in [3.05, 3.63) is 43.1 Å². The highest BCUT2D eigenvalue weighted by Crippen LogP contribution is 2.12. The zero-order chi connectivity index (χ0) is 12.0. The molecule has 0 radical (unpaired) electrons. The highest BCUT2D eigenvalue weighted by molar-refractivity contribution is 8.13. The van der Waals surface area contributed by atoms with E-state index in [0.717, 1.165) is 0 Å². The van der Waals surface area contributed by atoms with Gasteiger partial charge in [-0.1, -0.05) is 36.5 Å². The second kappa shape index (κ2) is 5.72. The van der Waals surface area contributed by atoms with Crippen LogP contribution in [0.3, 0.4) is 0 Å². The maximum atomic E-state index is 11.8. The molecule has 0 unspecified atom stereocenters. The zero-order valence-corrected chi connectivity index (χ0v) is 10.4. The van der Waals surface area contributed by atoms with Crippen LogP contribution >= 0.6 is 11.8 Å². The van der Waals surface area contributed by atoms with Crippen molar-refractivity contribution in [2.45, 2.75) is 4.90 Å². The van der Waals surface area contributed by atoms with E-state index in [9.17, 15) is 8.42 Å². The Morgan fingerprint density at radius 3 is 2.56 bits per heavy atom. The van der Waals surface area contributed by atoms with Gasteiger partial charge in [0.1, 0.15) is 0 Å². The van der Waals surface area contributed by atoms with Gasteiger partial charge in [-0.2, -0.15) is 8.42 Å². The molecule has 0 fully saturated rings. The molecular weight excluding hydrogens is 244 g/mol. The third-order valence-electron chi connectivity index (χ3n) is 1.66. The number of sulfonamides is 1. The lowest BCUT2D eigenvalue weighted by atomic mass is 10.4. The number of hydrogen-bond acceptors (Lipinski definition) is 3. The number of thioether (sulfide) groups is 1. The van der Waals surface area contributed by atoms with Crippen LogP contribution in [0.4, 0.5) is 0 Å². The Balaban J connectivity index is 3.08. The fourth-order valence-electron chi connectivity index (χ4n) is 0.964. The molecular formula is C10H12N2O2S2. The molecule has 1 aromatic rings. The first kappa shape index (κ1) is 12.8. The van der Waals surface area contributed by atoms with E-state index < -0.39 is 10.0 Å². The van der Waals surface area contributed by atoms with Gasteiger partial charge < -0.3 is 5.32 Å². The quantitative estimate of drug-likeness (QED) is 0.662. The predicted molar refractivity (Wildman–Crippen MR) is 67.9 cm³/mol. The molecule has 1 N–H and O–H groups in total. The Hall–Kier alpha value is -1.27. The molecule has 6 heteroatoms. The lowest BCUT2D eigenvalue weighted by Gasteiger charge is -2.02. The van der Waals surface area contributed by atoms with Crippen LogP contribution in [0.5, 0.6) is 0 Å². The first-order chi connectivity index (χ1) is 7.60. The van der Waals surface area contributed by atoms with E-state index >= 15 is 0 Å². The lowest BCUT2D eigenvalue weighted by molar-refractivity contribution is 0.598. The molecule has 86 valence electrons. The maximum Gasteiger partial charge on any atom is 0.284 e. The van der Waals surface area contributed by atoms with Crippen LogP contribution in [-0.2, 0) is 10.0 Å². The third-order valence-corrected chi connectivity index (χ3v) is 3.67. The average molecular weight is 256 g/mol. The number of amidine groups is 1. The van der Waals surface area contributed by atoms with Crippen molar-refractivity contribution in [1.29, 1.82) is 0 Å². The highest BCUT2D eigenvalue weighted by Gasteiger charge is 2.12. The summed E-state index contributed by atoms with van der Waals surface area (Å²) in [7, 11) is -3.64. The van der Waals surface area contributed by atoms with Crippen LogP contribution in [0.2, 0.25) is 0 Å². The minimum absolute atomic E-state index is 0.174. The van der Waals surface area contributed by atoms with Gasteiger partial charge in [-0.05, 0) is 24.6 Å². The SMILES string of the molecule is C=CN/C(=N\S(=O)(=O)c1ccccc1)SC. The van der Waals surface area contributed by atoms with E-state index in [0.29, 0.717) is 5.17 Å². The van der Waals surface area contributed by atoms with Crippen molar-refractivity contribution in [3.63, 3.8) is 0 Å². The molecule has 0 saturated heterocycles. The van der Waals surface area contributed by atoms with Gasteiger partial charge in [0.15, 0.2) is 5.17 Å². The summed E-state index contributed by atoms with van der Waals surface area (Å²) >= 11 is 1.20. The van der Waals surface area contributed by atoms with E-state index in [1.807, 2.05) is 0 Å². The van der Waals surface area contributed by atoms with Gasteiger partial charge in [0.2, 0.25) is 0 Å². The standard InChI is InChI=1S/C10H12N2O2S2/c1-3-11-10(15-2)12-16(13,14)9-7-5-4-6-8-9/h3-8H,1H2,2H3,(H,11,12). The molecule has 0 aromatic heterocycles. The molecule has 4 nitrogen and oxygen atoms in total. The summed E-state index contributed by atoms with van der Waals surface area (Å²) in [5.41, 5.74) is 0. The molecule has 1 aromatic carbocycles. The van der Waals surface area contributed by atoms with Gasteiger partial charge in [0.25, 0.3) is 10.0 Å². The number of rotatable bonds is 3. The van der Waals surface area contributed by atoms with Crippen LogP contribution in [0, 0.1) is 0 Å². The summed E-state index contributed by atoms with van der Waals surface area (Å²) in [4.78, 5) is 0.174. The second-order valence-corrected chi connectivity index (χ2v) is 5.14. The van der Waals surface area contributed by atoms with E-state index in [1.54, 1.807) is 24.5 Å². The summed E-state index contributed by atoms with van der Waals surface area (Å²) in [6, 6.07) is 8.07. The van der Waals surface area contributed by atoms with Crippen LogP contribution in [0.25, 0.3) is 0 Å². The minimum atomic E-state index is -3.64. The molecule has 1 rings (SSSR count). The van der Waals surface area contributed by atoms with Crippen molar-refractivity contribution in [1.82, 2.24) is 5.32 Å². The summed E-state index contributed by atoms with van der Waals surface area (Å²) in [6.45, 7) is 3.45. The first-order valence-corrected chi connectivity index (χ1v) is 7.08. The summed E-state index contributed by atoms with van der Waals surface area (Å²) in [5, 5.41) is 2.95. The summed E-state index contributed by atoms with van der Waals surface area (Å²) in [5.74, 6) is 0. The number of nitrogens with one attached hydrogen (secondary N) is 1. The summed E-state index contributed by atoms with van der Waals surface area (Å²) < 4.78 is 27.3. The molecule has 0 aliphatic heterocycles. The van der Waals surface area contributed by atoms with Crippen molar-refractivity contribution < 1.29 is 8.42 Å². The highest BCUT2D eigenvalue weighted by atomic mass is 32.2. The van der Waals surface area contributed by atoms with E-state index in [4.69, 9.17) is 0 Å². The number of benzene rings is 1. The summed E-state index contributed by atoms with van der Waals surface area (Å²) in [6.07, 6.45) is 3.12. The first-order valence-electron chi connectivity index (χ1n) is 4.41. The Labute approximate surface area is 99.5 Å². The van der Waals surface area contributed by atoms with Crippen molar-refractivity contribution >= 4 is 27.0 Å². The second-order valence-electron chi connectivity index (χ2n) is 2.74. The normalized spacial score (nSPS) is 12.2. The van der Waals surface area contributed by atoms with Crippen LogP contribution < -0.4 is 5.32 Å². The van der Waals surface area contributed by atoms with Crippen molar-refractivity contribution in [2.24, 2.45) is 4.40 Å². The Kier molecular flexibility index (Phi) is 4.57. The Bertz CT molecular complexity index is 481. The van der Waals surface area contributed by atoms with Gasteiger partial charge in [-0.3, -0.25) is 0 Å².